The normalized spacial score (nSPS) is 7.45. The molecule has 0 aromatic rings. The van der Waals surface area contributed by atoms with Gasteiger partial charge in [-0.2, -0.15) is 5.26 Å². The third kappa shape index (κ3) is 455. The summed E-state index contributed by atoms with van der Waals surface area (Å²) in [4.78, 5) is 5.56. The van der Waals surface area contributed by atoms with Crippen molar-refractivity contribution in [3.8, 4) is 6.19 Å². The molecule has 0 radical (unpaired) electrons. The van der Waals surface area contributed by atoms with E-state index in [-0.39, 0.29) is 0 Å². The minimum Gasteiger partial charge on any atom is -0.388 e. The number of rotatable bonds is 1. The minimum absolute atomic E-state index is 1.14. The highest BCUT2D eigenvalue weighted by Gasteiger charge is 1.72. The second-order valence-corrected chi connectivity index (χ2v) is 4.64. The Morgan fingerprint density at radius 1 is 0.950 bits per heavy atom. The summed E-state index contributed by atoms with van der Waals surface area (Å²) in [6.07, 6.45) is 1.86. The average molecular weight is 294 g/mol. The van der Waals surface area contributed by atoms with Crippen LogP contribution in [0.4, 0.5) is 0 Å². The van der Waals surface area contributed by atoms with Crippen LogP contribution >= 0.6 is 0 Å². The molecule has 0 bridgehead atoms. The van der Waals surface area contributed by atoms with E-state index in [1.165, 1.54) is 4.90 Å². The molecule has 20 heavy (non-hydrogen) atoms. The highest BCUT2D eigenvalue weighted by Crippen LogP contribution is 1.63. The van der Waals surface area contributed by atoms with Crippen molar-refractivity contribution < 1.29 is 4.74 Å². The molecule has 126 valence electrons. The van der Waals surface area contributed by atoms with Crippen LogP contribution < -0.4 is 5.32 Å². The molecule has 0 aromatic carbocycles. The molecular weight excluding hydrogens is 254 g/mol. The van der Waals surface area contributed by atoms with E-state index in [1.807, 2.05) is 46.3 Å². The first-order valence-corrected chi connectivity index (χ1v) is 6.42. The van der Waals surface area contributed by atoms with Crippen LogP contribution in [0.1, 0.15) is 6.92 Å². The number of hydrogen-bond acceptors (Lipinski definition) is 6. The average Bonchev–Trinajstić information content (AvgIpc) is 2.31. The lowest BCUT2D eigenvalue weighted by Crippen LogP contribution is -2.08. The predicted octanol–water partition coefficient (Wildman–Crippen LogP) is 0.873. The number of hydrogen-bond donors (Lipinski definition) is 1. The maximum atomic E-state index is 7.82. The third-order valence-corrected chi connectivity index (χ3v) is 0.832. The van der Waals surface area contributed by atoms with Gasteiger partial charge in [-0.25, -0.2) is 0 Å². The lowest BCUT2D eigenvalue weighted by atomic mass is 10.7. The van der Waals surface area contributed by atoms with Gasteiger partial charge in [-0.15, -0.1) is 0 Å². The molecule has 0 aliphatic carbocycles. The van der Waals surface area contributed by atoms with E-state index in [9.17, 15) is 0 Å². The molecule has 6 nitrogen and oxygen atoms in total. The second kappa shape index (κ2) is 36.2. The molecule has 0 fully saturated rings. The number of methoxy groups -OCH3 is 1. The SMILES string of the molecule is CCN(C)C.CN(C)C.CN(C)C#N.CNC.COC. The number of ether oxygens (including phenoxy) is 1. The summed E-state index contributed by atoms with van der Waals surface area (Å²) in [7, 11) is 20.5. The van der Waals surface area contributed by atoms with Crippen molar-refractivity contribution in [1.82, 2.24) is 20.0 Å². The van der Waals surface area contributed by atoms with Crippen molar-refractivity contribution in [2.24, 2.45) is 0 Å². The molecule has 0 rings (SSSR count). The second-order valence-electron chi connectivity index (χ2n) is 4.64. The molecule has 1 N–H and O–H groups in total. The Labute approximate surface area is 128 Å². The molecule has 0 amide bonds. The van der Waals surface area contributed by atoms with Crippen molar-refractivity contribution in [3.63, 3.8) is 0 Å². The lowest BCUT2D eigenvalue weighted by molar-refractivity contribution is 0.277. The van der Waals surface area contributed by atoms with Crippen LogP contribution in [-0.4, -0.2) is 98.9 Å². The van der Waals surface area contributed by atoms with E-state index in [1.54, 1.807) is 28.3 Å². The van der Waals surface area contributed by atoms with Crippen LogP contribution in [0.3, 0.4) is 0 Å². The molecule has 0 saturated carbocycles. The molecule has 0 aromatic heterocycles. The third-order valence-electron chi connectivity index (χ3n) is 0.832. The summed E-state index contributed by atoms with van der Waals surface area (Å²) >= 11 is 0. The quantitative estimate of drug-likeness (QED) is 0.572. The van der Waals surface area contributed by atoms with Crippen LogP contribution in [0.5, 0.6) is 0 Å². The minimum atomic E-state index is 1.14. The summed E-state index contributed by atoms with van der Waals surface area (Å²) in [5.74, 6) is 0. The summed E-state index contributed by atoms with van der Waals surface area (Å²) in [6.45, 7) is 3.26. The molecule has 0 saturated heterocycles. The largest absolute Gasteiger partial charge is 0.388 e. The Hall–Kier alpha value is -0.870. The number of nitriles is 1. The fourth-order valence-corrected chi connectivity index (χ4v) is 0. The van der Waals surface area contributed by atoms with E-state index < -0.39 is 0 Å². The van der Waals surface area contributed by atoms with Crippen LogP contribution in [-0.2, 0) is 4.74 Å². The van der Waals surface area contributed by atoms with Crippen molar-refractivity contribution in [3.05, 3.63) is 0 Å². The number of nitrogens with zero attached hydrogens (tertiary/aromatic N) is 4. The molecule has 0 heterocycles. The Balaban J connectivity index is -0.0000000478. The molecular formula is C14H39N5O. The molecule has 6 heteroatoms. The topological polar surface area (TPSA) is 54.8 Å². The first-order valence-electron chi connectivity index (χ1n) is 6.42. The van der Waals surface area contributed by atoms with E-state index in [0.717, 1.165) is 6.54 Å². The fraction of sp³-hybridized carbons (Fsp3) is 0.929. The first kappa shape index (κ1) is 31.5. The fourth-order valence-electron chi connectivity index (χ4n) is 0. The highest BCUT2D eigenvalue weighted by atomic mass is 16.4. The van der Waals surface area contributed by atoms with Gasteiger partial charge in [0.25, 0.3) is 0 Å². The van der Waals surface area contributed by atoms with Crippen LogP contribution in [0.15, 0.2) is 0 Å². The van der Waals surface area contributed by atoms with Gasteiger partial charge in [0.1, 0.15) is 0 Å². The van der Waals surface area contributed by atoms with E-state index >= 15 is 0 Å². The zero-order valence-electron chi connectivity index (χ0n) is 15.9. The maximum absolute atomic E-state index is 7.82. The van der Waals surface area contributed by atoms with E-state index in [0.29, 0.717) is 0 Å². The van der Waals surface area contributed by atoms with Gasteiger partial charge in [0.15, 0.2) is 6.19 Å². The molecule has 0 aliphatic heterocycles. The molecule has 0 spiro atoms. The summed E-state index contributed by atoms with van der Waals surface area (Å²) < 4.78 is 4.25. The maximum Gasteiger partial charge on any atom is 0.178 e. The van der Waals surface area contributed by atoms with Gasteiger partial charge in [-0.1, -0.05) is 6.92 Å². The number of nitrogens with one attached hydrogen (secondary N) is 1. The highest BCUT2D eigenvalue weighted by molar-refractivity contribution is 4.60. The van der Waals surface area contributed by atoms with Crippen molar-refractivity contribution in [2.75, 3.05) is 84.2 Å². The summed E-state index contributed by atoms with van der Waals surface area (Å²) in [6, 6.07) is 0. The molecule has 0 atom stereocenters. The van der Waals surface area contributed by atoms with Crippen LogP contribution in [0.25, 0.3) is 0 Å². The van der Waals surface area contributed by atoms with Gasteiger partial charge in [0.2, 0.25) is 0 Å². The Bertz CT molecular complexity index is 151. The Kier molecular flexibility index (Phi) is 56.9. The van der Waals surface area contributed by atoms with E-state index in [2.05, 4.69) is 36.0 Å². The van der Waals surface area contributed by atoms with Gasteiger partial charge in [0.05, 0.1) is 0 Å². The van der Waals surface area contributed by atoms with Gasteiger partial charge in [-0.05, 0) is 55.9 Å². The smallest absolute Gasteiger partial charge is 0.178 e. The Morgan fingerprint density at radius 2 is 1.05 bits per heavy atom. The van der Waals surface area contributed by atoms with Crippen molar-refractivity contribution in [2.45, 2.75) is 6.92 Å². The monoisotopic (exact) mass is 293 g/mol. The zero-order chi connectivity index (χ0) is 17.6. The summed E-state index contributed by atoms with van der Waals surface area (Å²) in [5.41, 5.74) is 0. The van der Waals surface area contributed by atoms with E-state index in [4.69, 9.17) is 5.26 Å². The summed E-state index contributed by atoms with van der Waals surface area (Å²) in [5, 5.41) is 10.6. The Morgan fingerprint density at radius 3 is 1.05 bits per heavy atom. The van der Waals surface area contributed by atoms with Gasteiger partial charge in [-0.3, -0.25) is 0 Å². The lowest BCUT2D eigenvalue weighted by Gasteiger charge is -2.00. The zero-order valence-corrected chi connectivity index (χ0v) is 15.9. The van der Waals surface area contributed by atoms with Crippen LogP contribution in [0.2, 0.25) is 0 Å². The molecule has 0 aliphatic rings. The van der Waals surface area contributed by atoms with Crippen LogP contribution in [0, 0.1) is 11.5 Å². The van der Waals surface area contributed by atoms with Crippen molar-refractivity contribution >= 4 is 0 Å². The predicted molar refractivity (Wildman–Crippen MR) is 91.1 cm³/mol. The van der Waals surface area contributed by atoms with Gasteiger partial charge in [0, 0.05) is 28.3 Å². The molecule has 0 unspecified atom stereocenters. The standard InChI is InChI=1S/C4H11N.C3H6N2.C3H9N.C2H7N.C2H6O/c1-4-5(2)3;1-5(2)3-4;1-4(2)3;2*1-3-2/h4H2,1-3H3;1-2H3;1-3H3;3H,1-2H3;1-2H3. The van der Waals surface area contributed by atoms with Gasteiger partial charge >= 0.3 is 0 Å². The van der Waals surface area contributed by atoms with Gasteiger partial charge < -0.3 is 24.8 Å². The van der Waals surface area contributed by atoms with Crippen molar-refractivity contribution in [1.29, 1.82) is 5.26 Å². The first-order chi connectivity index (χ1) is 9.10.